The van der Waals surface area contributed by atoms with E-state index in [1.165, 1.54) is 23.0 Å². The molecule has 0 unspecified atom stereocenters. The molecule has 0 saturated carbocycles. The van der Waals surface area contributed by atoms with E-state index in [4.69, 9.17) is 10.5 Å². The summed E-state index contributed by atoms with van der Waals surface area (Å²) in [5, 5.41) is 25.8. The monoisotopic (exact) mass is 382 g/mol. The number of fused-ring (bicyclic) bond motifs is 1. The van der Waals surface area contributed by atoms with Gasteiger partial charge in [-0.15, -0.1) is 0 Å². The van der Waals surface area contributed by atoms with Gasteiger partial charge in [-0.1, -0.05) is 0 Å². The number of sulfonamides is 1. The summed E-state index contributed by atoms with van der Waals surface area (Å²) in [7, 11) is -3.14. The molecule has 0 N–H and O–H groups in total. The van der Waals surface area contributed by atoms with E-state index in [1.807, 2.05) is 6.07 Å². The Morgan fingerprint density at radius 1 is 1.22 bits per heavy atom. The fourth-order valence-electron chi connectivity index (χ4n) is 2.29. The molecule has 0 aliphatic rings. The highest BCUT2D eigenvalue weighted by Crippen LogP contribution is 2.20. The molecule has 1 aromatic carbocycles. The minimum absolute atomic E-state index is 0.0130. The molecule has 3 rings (SSSR count). The van der Waals surface area contributed by atoms with Crippen molar-refractivity contribution in [1.29, 1.82) is 10.5 Å². The van der Waals surface area contributed by atoms with Crippen LogP contribution in [0.4, 0.5) is 4.39 Å². The number of benzene rings is 1. The van der Waals surface area contributed by atoms with E-state index < -0.39 is 20.7 Å². The molecule has 8 nitrogen and oxygen atoms in total. The lowest BCUT2D eigenvalue weighted by Crippen LogP contribution is -2.23. The molecular formula is C17H11FN6O2S. The number of pyridine rings is 1. The van der Waals surface area contributed by atoms with Gasteiger partial charge in [-0.2, -0.15) is 33.6 Å². The molecule has 27 heavy (non-hydrogen) atoms. The summed E-state index contributed by atoms with van der Waals surface area (Å²) in [6.45, 7) is 0. The zero-order valence-electron chi connectivity index (χ0n) is 13.9. The molecule has 0 atom stereocenters. The number of hydrogen-bond donors (Lipinski definition) is 0. The summed E-state index contributed by atoms with van der Waals surface area (Å²) in [5.74, 6) is -0.981. The second-order valence-electron chi connectivity index (χ2n) is 5.40. The number of nitriles is 2. The zero-order chi connectivity index (χ0) is 19.6. The first kappa shape index (κ1) is 18.0. The van der Waals surface area contributed by atoms with Crippen LogP contribution in [-0.2, 0) is 10.0 Å². The highest BCUT2D eigenvalue weighted by molar-refractivity contribution is 7.89. The molecule has 3 aromatic rings. The van der Waals surface area contributed by atoms with Gasteiger partial charge in [0.1, 0.15) is 10.7 Å². The average Bonchev–Trinajstić information content (AvgIpc) is 3.08. The van der Waals surface area contributed by atoms with Crippen LogP contribution in [0.25, 0.3) is 5.52 Å². The van der Waals surface area contributed by atoms with Crippen LogP contribution in [0.2, 0.25) is 0 Å². The van der Waals surface area contributed by atoms with E-state index in [0.29, 0.717) is 21.1 Å². The van der Waals surface area contributed by atoms with Crippen LogP contribution in [0.3, 0.4) is 0 Å². The van der Waals surface area contributed by atoms with Gasteiger partial charge in [0.05, 0.1) is 41.2 Å². The van der Waals surface area contributed by atoms with Crippen LogP contribution in [-0.4, -0.2) is 35.7 Å². The number of rotatable bonds is 4. The molecule has 0 amide bonds. The van der Waals surface area contributed by atoms with Crippen molar-refractivity contribution in [3.8, 4) is 12.1 Å². The summed E-state index contributed by atoms with van der Waals surface area (Å²) in [6.07, 6.45) is 4.29. The topological polar surface area (TPSA) is 115 Å². The molecule has 0 radical (unpaired) electrons. The third-order valence-electron chi connectivity index (χ3n) is 3.73. The smallest absolute Gasteiger partial charge is 0.240 e. The Hall–Kier alpha value is -3.76. The molecule has 0 saturated heterocycles. The zero-order valence-corrected chi connectivity index (χ0v) is 14.7. The third-order valence-corrected chi connectivity index (χ3v) is 5.38. The van der Waals surface area contributed by atoms with Gasteiger partial charge in [0, 0.05) is 18.8 Å². The molecule has 0 fully saturated rings. The van der Waals surface area contributed by atoms with Crippen LogP contribution in [0, 0.1) is 28.5 Å². The maximum absolute atomic E-state index is 14.0. The highest BCUT2D eigenvalue weighted by Gasteiger charge is 2.24. The van der Waals surface area contributed by atoms with Gasteiger partial charge in [0.2, 0.25) is 0 Å². The van der Waals surface area contributed by atoms with Crippen LogP contribution in [0.15, 0.2) is 52.7 Å². The summed E-state index contributed by atoms with van der Waals surface area (Å²) >= 11 is 0. The molecule has 0 aliphatic heterocycles. The Kier molecular flexibility index (Phi) is 4.59. The summed E-state index contributed by atoms with van der Waals surface area (Å²) in [4.78, 5) is -0.646. The van der Waals surface area contributed by atoms with Crippen molar-refractivity contribution in [2.24, 2.45) is 5.10 Å². The Morgan fingerprint density at radius 2 is 1.93 bits per heavy atom. The van der Waals surface area contributed by atoms with Gasteiger partial charge in [0.15, 0.2) is 0 Å². The summed E-state index contributed by atoms with van der Waals surface area (Å²) in [5.41, 5.74) is 1.45. The second kappa shape index (κ2) is 6.86. The van der Waals surface area contributed by atoms with E-state index in [1.54, 1.807) is 24.4 Å². The van der Waals surface area contributed by atoms with E-state index in [0.717, 1.165) is 19.2 Å². The van der Waals surface area contributed by atoms with E-state index in [2.05, 4.69) is 10.2 Å². The number of hydrazone groups is 1. The van der Waals surface area contributed by atoms with E-state index in [-0.39, 0.29) is 5.56 Å². The lowest BCUT2D eigenvalue weighted by atomic mass is 10.2. The second-order valence-corrected chi connectivity index (χ2v) is 7.32. The maximum atomic E-state index is 14.0. The minimum Gasteiger partial charge on any atom is -0.240 e. The maximum Gasteiger partial charge on any atom is 0.281 e. The Morgan fingerprint density at radius 3 is 2.63 bits per heavy atom. The van der Waals surface area contributed by atoms with Gasteiger partial charge < -0.3 is 0 Å². The van der Waals surface area contributed by atoms with Crippen LogP contribution in [0.5, 0.6) is 0 Å². The quantitative estimate of drug-likeness (QED) is 0.505. The van der Waals surface area contributed by atoms with Crippen molar-refractivity contribution in [2.75, 3.05) is 7.05 Å². The van der Waals surface area contributed by atoms with Gasteiger partial charge >= 0.3 is 0 Å². The van der Waals surface area contributed by atoms with Crippen LogP contribution >= 0.6 is 0 Å². The first-order valence-electron chi connectivity index (χ1n) is 7.47. The molecule has 2 aromatic heterocycles. The molecule has 10 heteroatoms. The number of nitrogens with zero attached hydrogens (tertiary/aromatic N) is 6. The number of aromatic nitrogens is 2. The van der Waals surface area contributed by atoms with Gasteiger partial charge in [-0.3, -0.25) is 0 Å². The van der Waals surface area contributed by atoms with E-state index >= 15 is 0 Å². The minimum atomic E-state index is -4.29. The fourth-order valence-corrected chi connectivity index (χ4v) is 3.33. The number of halogens is 1. The third kappa shape index (κ3) is 3.34. The van der Waals surface area contributed by atoms with E-state index in [9.17, 15) is 12.8 Å². The van der Waals surface area contributed by atoms with Crippen molar-refractivity contribution in [2.45, 2.75) is 4.90 Å². The Bertz CT molecular complexity index is 1250. The van der Waals surface area contributed by atoms with Gasteiger partial charge in [-0.25, -0.2) is 8.91 Å². The normalized spacial score (nSPS) is 11.4. The Labute approximate surface area is 154 Å². The summed E-state index contributed by atoms with van der Waals surface area (Å²) < 4.78 is 41.2. The Balaban J connectivity index is 1.96. The van der Waals surface area contributed by atoms with Crippen molar-refractivity contribution in [3.05, 3.63) is 65.2 Å². The first-order chi connectivity index (χ1) is 12.9. The fraction of sp³-hybridized carbons (Fsp3) is 0.0588. The predicted molar refractivity (Wildman–Crippen MR) is 93.6 cm³/mol. The largest absolute Gasteiger partial charge is 0.281 e. The van der Waals surface area contributed by atoms with Crippen molar-refractivity contribution in [3.63, 3.8) is 0 Å². The standard InChI is InChI=1S/C17H11FN6O2S/c1-23(27(25,26)17-7-12(8-19)2-3-15(17)18)21-10-14-11-22-24-5-4-13(9-20)6-16(14)24/h2-7,10-11H,1H3/b21-10+. The lowest BCUT2D eigenvalue weighted by molar-refractivity contribution is 0.482. The van der Waals surface area contributed by atoms with Gasteiger partial charge in [-0.05, 0) is 30.3 Å². The SMILES string of the molecule is CN(/N=C/c1cnn2ccc(C#N)cc12)S(=O)(=O)c1cc(C#N)ccc1F. The van der Waals surface area contributed by atoms with Crippen molar-refractivity contribution < 1.29 is 12.8 Å². The summed E-state index contributed by atoms with van der Waals surface area (Å²) in [6, 6.07) is 9.99. The number of hydrogen-bond acceptors (Lipinski definition) is 6. The average molecular weight is 382 g/mol. The molecule has 134 valence electrons. The molecule has 0 spiro atoms. The van der Waals surface area contributed by atoms with Crippen molar-refractivity contribution in [1.82, 2.24) is 14.0 Å². The lowest BCUT2D eigenvalue weighted by Gasteiger charge is -2.14. The molecular weight excluding hydrogens is 371 g/mol. The van der Waals surface area contributed by atoms with Crippen molar-refractivity contribution >= 4 is 21.8 Å². The predicted octanol–water partition coefficient (Wildman–Crippen LogP) is 1.87. The van der Waals surface area contributed by atoms with Crippen LogP contribution < -0.4 is 0 Å². The van der Waals surface area contributed by atoms with Gasteiger partial charge in [0.25, 0.3) is 10.0 Å². The highest BCUT2D eigenvalue weighted by atomic mass is 32.2. The molecule has 0 aliphatic carbocycles. The van der Waals surface area contributed by atoms with Crippen LogP contribution in [0.1, 0.15) is 16.7 Å². The molecule has 0 bridgehead atoms. The first-order valence-corrected chi connectivity index (χ1v) is 8.91. The molecule has 2 heterocycles.